The van der Waals surface area contributed by atoms with Gasteiger partial charge in [0.05, 0.1) is 11.6 Å². The van der Waals surface area contributed by atoms with Crippen LogP contribution in [0.3, 0.4) is 0 Å². The van der Waals surface area contributed by atoms with Gasteiger partial charge in [0.2, 0.25) is 0 Å². The van der Waals surface area contributed by atoms with Gasteiger partial charge in [0, 0.05) is 17.5 Å². The molecule has 5 heteroatoms. The largest absolute Gasteiger partial charge is 0.398 e. The molecule has 1 aromatic rings. The molecule has 0 aliphatic carbocycles. The molecule has 5 N–H and O–H groups in total. The molecule has 0 radical (unpaired) electrons. The zero-order chi connectivity index (χ0) is 10.6. The zero-order valence-corrected chi connectivity index (χ0v) is 8.25. The summed E-state index contributed by atoms with van der Waals surface area (Å²) < 4.78 is 0. The second-order valence-electron chi connectivity index (χ2n) is 2.74. The van der Waals surface area contributed by atoms with Crippen molar-refractivity contribution < 1.29 is 0 Å². The third kappa shape index (κ3) is 2.74. The Hall–Kier alpha value is -1.55. The summed E-state index contributed by atoms with van der Waals surface area (Å²) in [5, 5.41) is 7.51. The molecular formula is C9H11ClN4. The highest BCUT2D eigenvalue weighted by Crippen LogP contribution is 2.19. The number of amidine groups is 1. The van der Waals surface area contributed by atoms with E-state index in [1.165, 1.54) is 6.21 Å². The first-order valence-corrected chi connectivity index (χ1v) is 4.35. The summed E-state index contributed by atoms with van der Waals surface area (Å²) in [5.41, 5.74) is 12.0. The Morgan fingerprint density at radius 2 is 2.29 bits per heavy atom. The number of nitrogens with zero attached hydrogens (tertiary/aromatic N) is 1. The van der Waals surface area contributed by atoms with E-state index in [4.69, 9.17) is 28.5 Å². The predicted molar refractivity (Wildman–Crippen MR) is 60.2 cm³/mol. The van der Waals surface area contributed by atoms with Crippen LogP contribution in [0.25, 0.3) is 0 Å². The fourth-order valence-corrected chi connectivity index (χ4v) is 1.16. The third-order valence-corrected chi connectivity index (χ3v) is 1.90. The van der Waals surface area contributed by atoms with Gasteiger partial charge in [0.15, 0.2) is 0 Å². The van der Waals surface area contributed by atoms with E-state index in [1.807, 2.05) is 0 Å². The summed E-state index contributed by atoms with van der Waals surface area (Å²) in [6.07, 6.45) is 1.53. The molecule has 0 aliphatic heterocycles. The van der Waals surface area contributed by atoms with Crippen molar-refractivity contribution in [2.75, 3.05) is 12.3 Å². The van der Waals surface area contributed by atoms with Crippen molar-refractivity contribution >= 4 is 29.3 Å². The number of aliphatic imine (C=N–C) groups is 1. The fourth-order valence-electron chi connectivity index (χ4n) is 0.925. The lowest BCUT2D eigenvalue weighted by atomic mass is 10.2. The van der Waals surface area contributed by atoms with Crippen molar-refractivity contribution in [3.05, 3.63) is 28.8 Å². The number of benzene rings is 1. The lowest BCUT2D eigenvalue weighted by Gasteiger charge is -2.01. The topological polar surface area (TPSA) is 88.2 Å². The predicted octanol–water partition coefficient (Wildman–Crippen LogP) is 1.28. The second-order valence-corrected chi connectivity index (χ2v) is 3.14. The molecule has 0 aromatic heterocycles. The van der Waals surface area contributed by atoms with Crippen LogP contribution in [0.4, 0.5) is 5.69 Å². The number of hydrogen-bond acceptors (Lipinski definition) is 3. The van der Waals surface area contributed by atoms with Crippen molar-refractivity contribution in [1.82, 2.24) is 0 Å². The van der Waals surface area contributed by atoms with Gasteiger partial charge in [-0.1, -0.05) is 17.7 Å². The number of nitrogens with one attached hydrogen (secondary N) is 1. The molecule has 0 aliphatic rings. The van der Waals surface area contributed by atoms with Gasteiger partial charge in [-0.2, -0.15) is 0 Å². The molecule has 14 heavy (non-hydrogen) atoms. The average molecular weight is 211 g/mol. The van der Waals surface area contributed by atoms with Gasteiger partial charge in [0.1, 0.15) is 5.84 Å². The quantitative estimate of drug-likeness (QED) is 0.399. The standard InChI is InChI=1S/C9H11ClN4/c10-7-2-1-3-8(11)6(7)4-14-5-9(12)13/h1-4H,5,11H2,(H3,12,13). The molecule has 0 heterocycles. The van der Waals surface area contributed by atoms with E-state index in [0.717, 1.165) is 0 Å². The molecule has 4 nitrogen and oxygen atoms in total. The fraction of sp³-hybridized carbons (Fsp3) is 0.111. The minimum atomic E-state index is 0.00637. The molecular weight excluding hydrogens is 200 g/mol. The van der Waals surface area contributed by atoms with E-state index in [-0.39, 0.29) is 12.4 Å². The maximum Gasteiger partial charge on any atom is 0.113 e. The number of halogens is 1. The van der Waals surface area contributed by atoms with Gasteiger partial charge in [-0.15, -0.1) is 0 Å². The molecule has 0 atom stereocenters. The summed E-state index contributed by atoms with van der Waals surface area (Å²) >= 11 is 5.89. The molecule has 0 amide bonds. The Bertz CT molecular complexity index is 353. The van der Waals surface area contributed by atoms with Crippen molar-refractivity contribution in [3.63, 3.8) is 0 Å². The minimum absolute atomic E-state index is 0.00637. The number of hydrogen-bond donors (Lipinski definition) is 3. The molecule has 0 saturated carbocycles. The monoisotopic (exact) mass is 210 g/mol. The summed E-state index contributed by atoms with van der Waals surface area (Å²) in [6, 6.07) is 5.23. The highest BCUT2D eigenvalue weighted by atomic mass is 35.5. The minimum Gasteiger partial charge on any atom is -0.398 e. The molecule has 0 unspecified atom stereocenters. The Morgan fingerprint density at radius 3 is 2.86 bits per heavy atom. The van der Waals surface area contributed by atoms with Gasteiger partial charge >= 0.3 is 0 Å². The summed E-state index contributed by atoms with van der Waals surface area (Å²) in [4.78, 5) is 3.92. The van der Waals surface area contributed by atoms with Crippen LogP contribution in [-0.4, -0.2) is 18.6 Å². The Balaban J connectivity index is 2.85. The first kappa shape index (κ1) is 10.5. The highest BCUT2D eigenvalue weighted by molar-refractivity contribution is 6.33. The number of nitrogen functional groups attached to an aromatic ring is 1. The molecule has 1 aromatic carbocycles. The molecule has 1 rings (SSSR count). The molecule has 0 bridgehead atoms. The van der Waals surface area contributed by atoms with E-state index in [9.17, 15) is 0 Å². The molecule has 74 valence electrons. The second kappa shape index (κ2) is 4.62. The highest BCUT2D eigenvalue weighted by Gasteiger charge is 2.00. The van der Waals surface area contributed by atoms with Gasteiger partial charge in [-0.25, -0.2) is 0 Å². The number of rotatable bonds is 3. The van der Waals surface area contributed by atoms with Gasteiger partial charge in [-0.05, 0) is 12.1 Å². The maximum atomic E-state index is 6.97. The summed E-state index contributed by atoms with van der Waals surface area (Å²) in [7, 11) is 0. The lowest BCUT2D eigenvalue weighted by molar-refractivity contribution is 1.24. The number of anilines is 1. The first-order chi connectivity index (χ1) is 6.61. The van der Waals surface area contributed by atoms with Gasteiger partial charge < -0.3 is 11.5 Å². The lowest BCUT2D eigenvalue weighted by Crippen LogP contribution is -2.13. The van der Waals surface area contributed by atoms with Crippen LogP contribution < -0.4 is 11.5 Å². The van der Waals surface area contributed by atoms with Crippen molar-refractivity contribution in [3.8, 4) is 0 Å². The van der Waals surface area contributed by atoms with Crippen LogP contribution >= 0.6 is 11.6 Å². The van der Waals surface area contributed by atoms with E-state index in [0.29, 0.717) is 16.3 Å². The first-order valence-electron chi connectivity index (χ1n) is 3.98. The zero-order valence-electron chi connectivity index (χ0n) is 7.50. The van der Waals surface area contributed by atoms with Crippen LogP contribution in [0.15, 0.2) is 23.2 Å². The van der Waals surface area contributed by atoms with Crippen LogP contribution in [0, 0.1) is 5.41 Å². The van der Waals surface area contributed by atoms with Crippen molar-refractivity contribution in [1.29, 1.82) is 5.41 Å². The van der Waals surface area contributed by atoms with Crippen LogP contribution in [0.5, 0.6) is 0 Å². The van der Waals surface area contributed by atoms with Crippen LogP contribution in [0.2, 0.25) is 5.02 Å². The average Bonchev–Trinajstić information content (AvgIpc) is 2.09. The van der Waals surface area contributed by atoms with E-state index in [2.05, 4.69) is 4.99 Å². The van der Waals surface area contributed by atoms with Gasteiger partial charge in [0.25, 0.3) is 0 Å². The van der Waals surface area contributed by atoms with E-state index >= 15 is 0 Å². The Morgan fingerprint density at radius 1 is 1.57 bits per heavy atom. The summed E-state index contributed by atoms with van der Waals surface area (Å²) in [5.74, 6) is 0.00637. The van der Waals surface area contributed by atoms with E-state index in [1.54, 1.807) is 18.2 Å². The summed E-state index contributed by atoms with van der Waals surface area (Å²) in [6.45, 7) is 0.157. The smallest absolute Gasteiger partial charge is 0.113 e. The normalized spacial score (nSPS) is 10.6. The van der Waals surface area contributed by atoms with Crippen molar-refractivity contribution in [2.24, 2.45) is 10.7 Å². The van der Waals surface area contributed by atoms with Crippen molar-refractivity contribution in [2.45, 2.75) is 0 Å². The maximum absolute atomic E-state index is 6.97. The molecule has 0 saturated heterocycles. The third-order valence-electron chi connectivity index (χ3n) is 1.57. The van der Waals surface area contributed by atoms with Crippen LogP contribution in [0.1, 0.15) is 5.56 Å². The Labute approximate surface area is 87.1 Å². The van der Waals surface area contributed by atoms with Crippen LogP contribution in [-0.2, 0) is 0 Å². The van der Waals surface area contributed by atoms with E-state index < -0.39 is 0 Å². The number of nitrogens with two attached hydrogens (primary N) is 2. The molecule has 0 spiro atoms. The molecule has 0 fully saturated rings. The SMILES string of the molecule is N=C(N)CN=Cc1c(N)cccc1Cl. The Kier molecular flexibility index (Phi) is 3.48. The van der Waals surface area contributed by atoms with Gasteiger partial charge in [-0.3, -0.25) is 10.4 Å².